The maximum atomic E-state index is 13.6. The van der Waals surface area contributed by atoms with E-state index in [1.165, 1.54) is 18.6 Å². The Bertz CT molecular complexity index is 954. The van der Waals surface area contributed by atoms with Gasteiger partial charge in [0.25, 0.3) is 0 Å². The monoisotopic (exact) mass is 578 g/mol. The maximum absolute atomic E-state index is 13.6. The first-order valence-corrected chi connectivity index (χ1v) is 15.6. The molecule has 234 valence electrons. The Kier molecular flexibility index (Phi) is 13.4. The zero-order chi connectivity index (χ0) is 30.8. The van der Waals surface area contributed by atoms with Crippen molar-refractivity contribution in [3.63, 3.8) is 0 Å². The Labute approximate surface area is 247 Å². The van der Waals surface area contributed by atoms with Crippen LogP contribution in [0.25, 0.3) is 0 Å². The highest BCUT2D eigenvalue weighted by atomic mass is 19.1. The lowest BCUT2D eigenvalue weighted by Gasteiger charge is -2.44. The summed E-state index contributed by atoms with van der Waals surface area (Å²) < 4.78 is 24.6. The van der Waals surface area contributed by atoms with Gasteiger partial charge in [-0.05, 0) is 111 Å². The molecule has 1 aromatic rings. The molecule has 0 radical (unpaired) electrons. The fourth-order valence-electron chi connectivity index (χ4n) is 5.74. The molecule has 0 aromatic heterocycles. The molecule has 2 saturated heterocycles. The fraction of sp³-hybridized carbons (Fsp3) is 0.758. The van der Waals surface area contributed by atoms with Crippen LogP contribution in [0.3, 0.4) is 0 Å². The predicted octanol–water partition coefficient (Wildman–Crippen LogP) is 8.39. The first-order valence-electron chi connectivity index (χ1n) is 15.6. The smallest absolute Gasteiger partial charge is 0.410 e. The minimum atomic E-state index is -0.928. The largest absolute Gasteiger partial charge is 0.444 e. The molecule has 1 aromatic carbocycles. The predicted molar refractivity (Wildman–Crippen MR) is 161 cm³/mol. The van der Waals surface area contributed by atoms with Gasteiger partial charge in [-0.1, -0.05) is 38.8 Å². The third kappa shape index (κ3) is 11.4. The molecule has 2 amide bonds. The molecule has 0 saturated carbocycles. The topological polar surface area (TPSA) is 79.3 Å². The summed E-state index contributed by atoms with van der Waals surface area (Å²) in [6.07, 6.45) is 8.58. The van der Waals surface area contributed by atoms with E-state index in [2.05, 4.69) is 13.8 Å². The molecule has 0 spiro atoms. The highest BCUT2D eigenvalue weighted by molar-refractivity contribution is 5.69. The zero-order valence-electron chi connectivity index (χ0n) is 26.7. The van der Waals surface area contributed by atoms with Crippen molar-refractivity contribution >= 4 is 12.2 Å². The van der Waals surface area contributed by atoms with E-state index in [1.54, 1.807) is 17.0 Å². The second kappa shape index (κ2) is 15.8. The highest BCUT2D eigenvalue weighted by Crippen LogP contribution is 2.35. The maximum Gasteiger partial charge on any atom is 0.410 e. The van der Waals surface area contributed by atoms with Crippen molar-refractivity contribution in [1.82, 2.24) is 9.80 Å². The summed E-state index contributed by atoms with van der Waals surface area (Å²) in [5.74, 6) is -0.388. The van der Waals surface area contributed by atoms with E-state index in [9.17, 15) is 19.1 Å². The molecule has 0 bridgehead atoms. The van der Waals surface area contributed by atoms with E-state index in [-0.39, 0.29) is 23.6 Å². The van der Waals surface area contributed by atoms with Crippen LogP contribution < -0.4 is 0 Å². The average Bonchev–Trinajstić information content (AvgIpc) is 2.87. The van der Waals surface area contributed by atoms with Crippen molar-refractivity contribution in [2.24, 2.45) is 0 Å². The quantitative estimate of drug-likeness (QED) is 0.367. The Balaban J connectivity index is 0.000000317. The SMILES string of the molecule is CCC[C@H]1CCCCN1C(=O)OC(C)(C)C.CCC[C@H]1CCC[C@H]([C@H](O)c2cccc(F)c2)N1C(=O)OC(C)(C)C. The van der Waals surface area contributed by atoms with Gasteiger partial charge in [-0.2, -0.15) is 0 Å². The lowest BCUT2D eigenvalue weighted by molar-refractivity contribution is -0.0368. The molecule has 0 unspecified atom stereocenters. The fourth-order valence-corrected chi connectivity index (χ4v) is 5.74. The number of amides is 2. The number of aliphatic hydroxyl groups excluding tert-OH is 1. The Morgan fingerprint density at radius 1 is 0.902 bits per heavy atom. The van der Waals surface area contributed by atoms with E-state index < -0.39 is 23.8 Å². The molecule has 7 nitrogen and oxygen atoms in total. The van der Waals surface area contributed by atoms with Crippen molar-refractivity contribution in [3.05, 3.63) is 35.6 Å². The molecular weight excluding hydrogens is 523 g/mol. The van der Waals surface area contributed by atoms with Crippen LogP contribution >= 0.6 is 0 Å². The van der Waals surface area contributed by atoms with Crippen LogP contribution in [-0.4, -0.2) is 63.0 Å². The lowest BCUT2D eigenvalue weighted by Crippen LogP contribution is -2.53. The molecule has 8 heteroatoms. The second-order valence-corrected chi connectivity index (χ2v) is 13.4. The first kappa shape index (κ1) is 34.8. The molecule has 0 aliphatic carbocycles. The van der Waals surface area contributed by atoms with Crippen molar-refractivity contribution in [2.75, 3.05) is 6.54 Å². The number of piperidine rings is 2. The van der Waals surface area contributed by atoms with Crippen LogP contribution in [0.2, 0.25) is 0 Å². The van der Waals surface area contributed by atoms with Crippen LogP contribution in [0.15, 0.2) is 24.3 Å². The number of nitrogens with zero attached hydrogens (tertiary/aromatic N) is 2. The van der Waals surface area contributed by atoms with Gasteiger partial charge >= 0.3 is 12.2 Å². The van der Waals surface area contributed by atoms with Crippen LogP contribution in [0.1, 0.15) is 131 Å². The molecule has 2 aliphatic rings. The number of ether oxygens (including phenoxy) is 2. The minimum absolute atomic E-state index is 0.0433. The lowest BCUT2D eigenvalue weighted by atomic mass is 9.88. The number of rotatable bonds is 6. The Hall–Kier alpha value is -2.35. The standard InChI is InChI=1S/C20H30FNO3.C13H25NO2/c1-5-8-16-11-7-12-17(22(16)19(24)25-20(2,3)4)18(23)14-9-6-10-15(21)13-14;1-5-8-11-9-6-7-10-14(11)12(15)16-13(2,3)4/h6,9-10,13,16-18,23H,5,7-8,11-12H2,1-4H3;11H,5-10H2,1-4H3/t16-,17+,18+;11-/m00/s1. The zero-order valence-corrected chi connectivity index (χ0v) is 26.7. The van der Waals surface area contributed by atoms with E-state index in [0.29, 0.717) is 18.0 Å². The van der Waals surface area contributed by atoms with Crippen molar-refractivity contribution in [3.8, 4) is 0 Å². The molecule has 4 atom stereocenters. The van der Waals surface area contributed by atoms with E-state index in [1.807, 2.05) is 46.4 Å². The Morgan fingerprint density at radius 3 is 2.07 bits per heavy atom. The van der Waals surface area contributed by atoms with Gasteiger partial charge in [0.05, 0.1) is 12.1 Å². The summed E-state index contributed by atoms with van der Waals surface area (Å²) in [4.78, 5) is 28.5. The summed E-state index contributed by atoms with van der Waals surface area (Å²) in [7, 11) is 0. The third-order valence-electron chi connectivity index (χ3n) is 7.45. The van der Waals surface area contributed by atoms with Gasteiger partial charge < -0.3 is 19.5 Å². The number of benzene rings is 1. The molecule has 2 aliphatic heterocycles. The number of aliphatic hydroxyl groups is 1. The van der Waals surface area contributed by atoms with Gasteiger partial charge in [-0.25, -0.2) is 14.0 Å². The second-order valence-electron chi connectivity index (χ2n) is 13.4. The molecular formula is C33H55FN2O5. The molecule has 2 fully saturated rings. The molecule has 2 heterocycles. The van der Waals surface area contributed by atoms with Crippen LogP contribution in [-0.2, 0) is 9.47 Å². The van der Waals surface area contributed by atoms with Crippen LogP contribution in [0.4, 0.5) is 14.0 Å². The highest BCUT2D eigenvalue weighted by Gasteiger charge is 2.40. The number of halogens is 1. The summed E-state index contributed by atoms with van der Waals surface area (Å²) in [6.45, 7) is 16.4. The summed E-state index contributed by atoms with van der Waals surface area (Å²) in [5, 5.41) is 10.9. The molecule has 1 N–H and O–H groups in total. The first-order chi connectivity index (χ1) is 19.2. The minimum Gasteiger partial charge on any atom is -0.444 e. The van der Waals surface area contributed by atoms with Crippen LogP contribution in [0, 0.1) is 5.82 Å². The van der Waals surface area contributed by atoms with Crippen LogP contribution in [0.5, 0.6) is 0 Å². The number of hydrogen-bond acceptors (Lipinski definition) is 5. The van der Waals surface area contributed by atoms with Gasteiger partial charge in [0.1, 0.15) is 17.0 Å². The van der Waals surface area contributed by atoms with Crippen molar-refractivity contribution in [1.29, 1.82) is 0 Å². The van der Waals surface area contributed by atoms with Gasteiger partial charge in [0, 0.05) is 18.6 Å². The molecule has 3 rings (SSSR count). The third-order valence-corrected chi connectivity index (χ3v) is 7.45. The van der Waals surface area contributed by atoms with E-state index in [4.69, 9.17) is 9.47 Å². The number of hydrogen-bond donors (Lipinski definition) is 1. The number of likely N-dealkylation sites (tertiary alicyclic amines) is 2. The van der Waals surface area contributed by atoms with Crippen molar-refractivity contribution in [2.45, 2.75) is 155 Å². The number of carbonyl (C=O) groups excluding carboxylic acids is 2. The number of carbonyl (C=O) groups is 2. The van der Waals surface area contributed by atoms with Gasteiger partial charge in [0.15, 0.2) is 0 Å². The van der Waals surface area contributed by atoms with E-state index in [0.717, 1.165) is 57.9 Å². The normalized spacial score (nSPS) is 22.3. The summed E-state index contributed by atoms with van der Waals surface area (Å²) >= 11 is 0. The van der Waals surface area contributed by atoms with Gasteiger partial charge in [-0.15, -0.1) is 0 Å². The molecule has 41 heavy (non-hydrogen) atoms. The Morgan fingerprint density at radius 2 is 1.49 bits per heavy atom. The van der Waals surface area contributed by atoms with E-state index >= 15 is 0 Å². The van der Waals surface area contributed by atoms with Crippen molar-refractivity contribution < 1.29 is 28.6 Å². The van der Waals surface area contributed by atoms with Gasteiger partial charge in [-0.3, -0.25) is 4.90 Å². The average molecular weight is 579 g/mol. The summed E-state index contributed by atoms with van der Waals surface area (Å²) in [5.41, 5.74) is -0.485. The summed E-state index contributed by atoms with van der Waals surface area (Å²) in [6, 6.07) is 6.00. The van der Waals surface area contributed by atoms with Gasteiger partial charge in [0.2, 0.25) is 0 Å².